The van der Waals surface area contributed by atoms with Gasteiger partial charge < -0.3 is 16.4 Å². The van der Waals surface area contributed by atoms with Crippen molar-refractivity contribution in [2.24, 2.45) is 11.7 Å². The number of piperidine rings is 1. The first-order chi connectivity index (χ1) is 13.5. The van der Waals surface area contributed by atoms with E-state index in [2.05, 4.69) is 20.8 Å². The molecule has 0 aliphatic carbocycles. The van der Waals surface area contributed by atoms with Gasteiger partial charge in [-0.25, -0.2) is 0 Å². The monoisotopic (exact) mass is 397 g/mol. The van der Waals surface area contributed by atoms with E-state index in [1.54, 1.807) is 18.2 Å². The molecule has 3 aromatic rings. The molecular formula is C20H20ClN5O2. The summed E-state index contributed by atoms with van der Waals surface area (Å²) in [6.07, 6.45) is 1.85. The number of amides is 2. The number of halogens is 1. The molecule has 5 N–H and O–H groups in total. The van der Waals surface area contributed by atoms with E-state index in [1.165, 1.54) is 0 Å². The maximum Gasteiger partial charge on any atom is 0.248 e. The molecule has 1 fully saturated rings. The minimum Gasteiger partial charge on any atom is -0.366 e. The Labute approximate surface area is 166 Å². The van der Waals surface area contributed by atoms with Crippen molar-refractivity contribution < 1.29 is 9.59 Å². The van der Waals surface area contributed by atoms with Crippen LogP contribution in [-0.4, -0.2) is 35.1 Å². The number of nitrogens with two attached hydrogens (primary N) is 1. The zero-order chi connectivity index (χ0) is 19.7. The Balaban J connectivity index is 1.68. The Morgan fingerprint density at radius 3 is 2.82 bits per heavy atom. The Hall–Kier alpha value is -2.90. The quantitative estimate of drug-likeness (QED) is 0.542. The van der Waals surface area contributed by atoms with Crippen LogP contribution in [0.4, 0.5) is 5.82 Å². The number of carbonyl (C=O) groups excluding carboxylic acids is 2. The van der Waals surface area contributed by atoms with Crippen LogP contribution in [0.3, 0.4) is 0 Å². The summed E-state index contributed by atoms with van der Waals surface area (Å²) in [5, 5.41) is 14.6. The summed E-state index contributed by atoms with van der Waals surface area (Å²) in [6, 6.07) is 10.5. The number of rotatable bonds is 4. The van der Waals surface area contributed by atoms with Crippen LogP contribution in [0.15, 0.2) is 36.4 Å². The molecule has 2 amide bonds. The molecule has 1 saturated heterocycles. The van der Waals surface area contributed by atoms with Crippen molar-refractivity contribution in [2.45, 2.75) is 12.8 Å². The van der Waals surface area contributed by atoms with E-state index in [-0.39, 0.29) is 11.8 Å². The van der Waals surface area contributed by atoms with Crippen molar-refractivity contribution in [3.8, 4) is 11.1 Å². The van der Waals surface area contributed by atoms with Crippen LogP contribution in [0.1, 0.15) is 23.2 Å². The Morgan fingerprint density at radius 2 is 2.07 bits per heavy atom. The fourth-order valence-corrected chi connectivity index (χ4v) is 3.70. The summed E-state index contributed by atoms with van der Waals surface area (Å²) in [6.45, 7) is 1.62. The summed E-state index contributed by atoms with van der Waals surface area (Å²) in [4.78, 5) is 24.1. The first-order valence-corrected chi connectivity index (χ1v) is 9.50. The molecule has 1 aromatic heterocycles. The van der Waals surface area contributed by atoms with Gasteiger partial charge in [0.05, 0.1) is 11.4 Å². The van der Waals surface area contributed by atoms with Crippen molar-refractivity contribution >= 4 is 40.1 Å². The van der Waals surface area contributed by atoms with Gasteiger partial charge in [0, 0.05) is 28.1 Å². The summed E-state index contributed by atoms with van der Waals surface area (Å²) < 4.78 is 0. The number of aromatic amines is 1. The van der Waals surface area contributed by atoms with Crippen molar-refractivity contribution in [3.05, 3.63) is 47.0 Å². The van der Waals surface area contributed by atoms with Crippen LogP contribution in [0.2, 0.25) is 5.02 Å². The molecule has 144 valence electrons. The highest BCUT2D eigenvalue weighted by molar-refractivity contribution is 6.33. The summed E-state index contributed by atoms with van der Waals surface area (Å²) in [5.41, 5.74) is 8.05. The van der Waals surface area contributed by atoms with E-state index in [9.17, 15) is 9.59 Å². The van der Waals surface area contributed by atoms with E-state index in [0.29, 0.717) is 28.5 Å². The molecule has 0 bridgehead atoms. The molecule has 1 aliphatic heterocycles. The highest BCUT2D eigenvalue weighted by atomic mass is 35.5. The number of hydrogen-bond acceptors (Lipinski definition) is 4. The van der Waals surface area contributed by atoms with Crippen molar-refractivity contribution in [1.82, 2.24) is 15.5 Å². The smallest absolute Gasteiger partial charge is 0.248 e. The predicted molar refractivity (Wildman–Crippen MR) is 109 cm³/mol. The Morgan fingerprint density at radius 1 is 1.21 bits per heavy atom. The largest absolute Gasteiger partial charge is 0.366 e. The van der Waals surface area contributed by atoms with Crippen LogP contribution >= 0.6 is 11.6 Å². The lowest BCUT2D eigenvalue weighted by molar-refractivity contribution is -0.120. The van der Waals surface area contributed by atoms with Gasteiger partial charge >= 0.3 is 0 Å². The fraction of sp³-hybridized carbons (Fsp3) is 0.250. The van der Waals surface area contributed by atoms with Gasteiger partial charge in [-0.1, -0.05) is 17.7 Å². The number of aromatic nitrogens is 2. The van der Waals surface area contributed by atoms with Gasteiger partial charge in [-0.15, -0.1) is 0 Å². The topological polar surface area (TPSA) is 113 Å². The molecule has 0 spiro atoms. The van der Waals surface area contributed by atoms with Crippen LogP contribution in [0.5, 0.6) is 0 Å². The van der Waals surface area contributed by atoms with Crippen molar-refractivity contribution in [2.75, 3.05) is 18.4 Å². The van der Waals surface area contributed by atoms with Crippen molar-refractivity contribution in [3.63, 3.8) is 0 Å². The average molecular weight is 398 g/mol. The molecule has 28 heavy (non-hydrogen) atoms. The number of benzene rings is 2. The summed E-state index contributed by atoms with van der Waals surface area (Å²) >= 11 is 6.33. The fourth-order valence-electron chi connectivity index (χ4n) is 3.47. The van der Waals surface area contributed by atoms with E-state index in [1.807, 2.05) is 18.2 Å². The van der Waals surface area contributed by atoms with Gasteiger partial charge in [0.2, 0.25) is 11.8 Å². The van der Waals surface area contributed by atoms with Gasteiger partial charge in [0.15, 0.2) is 5.82 Å². The van der Waals surface area contributed by atoms with Gasteiger partial charge in [0.1, 0.15) is 0 Å². The van der Waals surface area contributed by atoms with Gasteiger partial charge in [-0.3, -0.25) is 14.7 Å². The van der Waals surface area contributed by atoms with Gasteiger partial charge in [-0.05, 0) is 55.3 Å². The lowest BCUT2D eigenvalue weighted by Crippen LogP contribution is -2.37. The highest BCUT2D eigenvalue weighted by Crippen LogP contribution is 2.32. The second-order valence-electron chi connectivity index (χ2n) is 6.92. The lowest BCUT2D eigenvalue weighted by atomic mass is 9.98. The molecule has 2 heterocycles. The maximum absolute atomic E-state index is 12.6. The van der Waals surface area contributed by atoms with E-state index in [0.717, 1.165) is 35.9 Å². The molecule has 7 nitrogen and oxygen atoms in total. The third-order valence-corrected chi connectivity index (χ3v) is 5.36. The number of H-pyrrole nitrogens is 1. The van der Waals surface area contributed by atoms with Gasteiger partial charge in [-0.2, -0.15) is 5.10 Å². The zero-order valence-electron chi connectivity index (χ0n) is 15.1. The molecule has 0 saturated carbocycles. The number of nitrogens with zero attached hydrogens (tertiary/aromatic N) is 1. The maximum atomic E-state index is 12.6. The number of hydrogen-bond donors (Lipinski definition) is 4. The van der Waals surface area contributed by atoms with Crippen LogP contribution < -0.4 is 16.4 Å². The first-order valence-electron chi connectivity index (χ1n) is 9.12. The molecule has 8 heteroatoms. The minimum absolute atomic E-state index is 0.0419. The lowest BCUT2D eigenvalue weighted by Gasteiger charge is -2.21. The standard InChI is InChI=1S/C20H20ClN5O2/c21-16-5-3-12(18(22)27)9-14(16)11-4-6-17-15(8-11)19(26-25-17)24-20(28)13-2-1-7-23-10-13/h3-6,8-9,13,23H,1-2,7,10H2,(H2,22,27)(H2,24,25,26,28). The molecule has 1 atom stereocenters. The van der Waals surface area contributed by atoms with E-state index in [4.69, 9.17) is 17.3 Å². The first kappa shape index (κ1) is 18.5. The van der Waals surface area contributed by atoms with Crippen molar-refractivity contribution in [1.29, 1.82) is 0 Å². The number of carbonyl (C=O) groups is 2. The number of fused-ring (bicyclic) bond motifs is 1. The Bertz CT molecular complexity index is 1060. The van der Waals surface area contributed by atoms with E-state index >= 15 is 0 Å². The highest BCUT2D eigenvalue weighted by Gasteiger charge is 2.22. The third-order valence-electron chi connectivity index (χ3n) is 5.03. The molecule has 1 aliphatic rings. The third kappa shape index (κ3) is 3.58. The average Bonchev–Trinajstić information content (AvgIpc) is 3.11. The second-order valence-corrected chi connectivity index (χ2v) is 7.33. The van der Waals surface area contributed by atoms with Crippen LogP contribution in [0, 0.1) is 5.92 Å². The molecule has 0 radical (unpaired) electrons. The summed E-state index contributed by atoms with van der Waals surface area (Å²) in [7, 11) is 0. The number of nitrogens with one attached hydrogen (secondary N) is 3. The molecule has 4 rings (SSSR count). The predicted octanol–water partition coefficient (Wildman–Crippen LogP) is 2.92. The second kappa shape index (κ2) is 7.61. The summed E-state index contributed by atoms with van der Waals surface area (Å²) in [5.74, 6) is -0.143. The molecule has 1 unspecified atom stereocenters. The van der Waals surface area contributed by atoms with Crippen LogP contribution in [0.25, 0.3) is 22.0 Å². The molecular weight excluding hydrogens is 378 g/mol. The van der Waals surface area contributed by atoms with Crippen LogP contribution in [-0.2, 0) is 4.79 Å². The number of primary amides is 1. The SMILES string of the molecule is NC(=O)c1ccc(Cl)c(-c2ccc3[nH]nc(NC(=O)C4CCCNC4)c3c2)c1. The minimum atomic E-state index is -0.517. The normalized spacial score (nSPS) is 16.8. The zero-order valence-corrected chi connectivity index (χ0v) is 15.8. The number of anilines is 1. The van der Waals surface area contributed by atoms with E-state index < -0.39 is 5.91 Å². The Kier molecular flexibility index (Phi) is 5.02. The molecule has 2 aromatic carbocycles. The van der Waals surface area contributed by atoms with Gasteiger partial charge in [0.25, 0.3) is 0 Å².